The van der Waals surface area contributed by atoms with Crippen LogP contribution in [-0.2, 0) is 4.79 Å². The van der Waals surface area contributed by atoms with Crippen LogP contribution in [0.15, 0.2) is 18.2 Å². The van der Waals surface area contributed by atoms with Crippen LogP contribution in [0, 0.1) is 0 Å². The Kier molecular flexibility index (Phi) is 3.29. The van der Waals surface area contributed by atoms with Crippen LogP contribution in [0.3, 0.4) is 0 Å². The molecule has 1 unspecified atom stereocenters. The summed E-state index contributed by atoms with van der Waals surface area (Å²) in [6.45, 7) is 0.691. The largest absolute Gasteiger partial charge is 0.497 e. The van der Waals surface area contributed by atoms with Gasteiger partial charge in [-0.25, -0.2) is 0 Å². The van der Waals surface area contributed by atoms with Gasteiger partial charge in [-0.05, 0) is 31.0 Å². The molecule has 1 aliphatic rings. The lowest BCUT2D eigenvalue weighted by molar-refractivity contribution is -0.110. The summed E-state index contributed by atoms with van der Waals surface area (Å²) in [5.41, 5.74) is 0.990. The summed E-state index contributed by atoms with van der Waals surface area (Å²) in [5, 5.41) is 2.82. The molecule has 0 radical (unpaired) electrons. The van der Waals surface area contributed by atoms with E-state index < -0.39 is 0 Å². The van der Waals surface area contributed by atoms with Gasteiger partial charge in [0.15, 0.2) is 0 Å². The van der Waals surface area contributed by atoms with E-state index in [2.05, 4.69) is 5.32 Å². The van der Waals surface area contributed by atoms with Crippen molar-refractivity contribution in [1.82, 2.24) is 5.32 Å². The third-order valence-corrected chi connectivity index (χ3v) is 2.76. The Hall–Kier alpha value is -1.71. The average Bonchev–Trinajstić information content (AvgIpc) is 2.52. The summed E-state index contributed by atoms with van der Waals surface area (Å²) in [4.78, 5) is 10.6. The number of ether oxygens (including phenoxy) is 2. The Bertz CT molecular complexity index is 379. The molecule has 4 heteroatoms. The van der Waals surface area contributed by atoms with Gasteiger partial charge in [0.05, 0.1) is 19.8 Å². The maximum absolute atomic E-state index is 10.6. The molecule has 0 saturated carbocycles. The SMILES string of the molecule is COc1ccc2c(c1)C(NC=O)CCCO2. The van der Waals surface area contributed by atoms with Crippen molar-refractivity contribution in [2.24, 2.45) is 0 Å². The fourth-order valence-electron chi connectivity index (χ4n) is 1.94. The van der Waals surface area contributed by atoms with Gasteiger partial charge in [-0.1, -0.05) is 0 Å². The third-order valence-electron chi connectivity index (χ3n) is 2.76. The second kappa shape index (κ2) is 4.88. The van der Waals surface area contributed by atoms with Crippen LogP contribution >= 0.6 is 0 Å². The first kappa shape index (κ1) is 10.8. The van der Waals surface area contributed by atoms with Crippen molar-refractivity contribution in [3.63, 3.8) is 0 Å². The Morgan fingerprint density at radius 3 is 3.19 bits per heavy atom. The summed E-state index contributed by atoms with van der Waals surface area (Å²) in [7, 11) is 1.63. The van der Waals surface area contributed by atoms with Gasteiger partial charge in [-0.3, -0.25) is 4.79 Å². The molecule has 1 heterocycles. The van der Waals surface area contributed by atoms with E-state index in [1.165, 1.54) is 0 Å². The van der Waals surface area contributed by atoms with Crippen LogP contribution < -0.4 is 14.8 Å². The van der Waals surface area contributed by atoms with E-state index in [0.29, 0.717) is 6.61 Å². The van der Waals surface area contributed by atoms with Gasteiger partial charge in [-0.15, -0.1) is 0 Å². The minimum Gasteiger partial charge on any atom is -0.497 e. The van der Waals surface area contributed by atoms with Crippen LogP contribution in [0.4, 0.5) is 0 Å². The number of nitrogens with one attached hydrogen (secondary N) is 1. The molecule has 0 spiro atoms. The predicted molar refractivity (Wildman–Crippen MR) is 59.7 cm³/mol. The first-order valence-electron chi connectivity index (χ1n) is 5.35. The minimum absolute atomic E-state index is 0.0186. The zero-order chi connectivity index (χ0) is 11.4. The molecule has 1 amide bonds. The van der Waals surface area contributed by atoms with Gasteiger partial charge in [0.25, 0.3) is 0 Å². The number of carbonyl (C=O) groups excluding carboxylic acids is 1. The number of methoxy groups -OCH3 is 1. The first-order chi connectivity index (χ1) is 7.85. The molecule has 4 nitrogen and oxygen atoms in total. The molecule has 1 aromatic rings. The van der Waals surface area contributed by atoms with Gasteiger partial charge in [0.1, 0.15) is 11.5 Å². The van der Waals surface area contributed by atoms with Crippen molar-refractivity contribution in [3.8, 4) is 11.5 Å². The van der Waals surface area contributed by atoms with Crippen molar-refractivity contribution in [2.75, 3.05) is 13.7 Å². The third kappa shape index (κ3) is 2.10. The maximum Gasteiger partial charge on any atom is 0.207 e. The lowest BCUT2D eigenvalue weighted by Gasteiger charge is -2.16. The number of fused-ring (bicyclic) bond motifs is 1. The van der Waals surface area contributed by atoms with Gasteiger partial charge in [0.2, 0.25) is 6.41 Å². The molecule has 0 aliphatic carbocycles. The average molecular weight is 221 g/mol. The predicted octanol–water partition coefficient (Wildman–Crippen LogP) is 1.65. The van der Waals surface area contributed by atoms with Crippen molar-refractivity contribution in [2.45, 2.75) is 18.9 Å². The second-order valence-corrected chi connectivity index (χ2v) is 3.73. The zero-order valence-corrected chi connectivity index (χ0v) is 9.23. The highest BCUT2D eigenvalue weighted by molar-refractivity contribution is 5.50. The summed E-state index contributed by atoms with van der Waals surface area (Å²) in [6.07, 6.45) is 2.56. The Morgan fingerprint density at radius 2 is 2.44 bits per heavy atom. The van der Waals surface area contributed by atoms with Crippen LogP contribution in [0.5, 0.6) is 11.5 Å². The van der Waals surface area contributed by atoms with E-state index in [-0.39, 0.29) is 6.04 Å². The van der Waals surface area contributed by atoms with Crippen LogP contribution in [0.2, 0.25) is 0 Å². The zero-order valence-electron chi connectivity index (χ0n) is 9.23. The number of amides is 1. The molecule has 1 atom stereocenters. The fourth-order valence-corrected chi connectivity index (χ4v) is 1.94. The molecule has 2 rings (SSSR count). The molecule has 0 saturated heterocycles. The number of rotatable bonds is 3. The van der Waals surface area contributed by atoms with E-state index in [1.54, 1.807) is 7.11 Å². The summed E-state index contributed by atoms with van der Waals surface area (Å²) >= 11 is 0. The number of carbonyl (C=O) groups is 1. The number of hydrogen-bond acceptors (Lipinski definition) is 3. The van der Waals surface area contributed by atoms with Gasteiger partial charge in [0, 0.05) is 5.56 Å². The quantitative estimate of drug-likeness (QED) is 0.789. The van der Waals surface area contributed by atoms with Gasteiger partial charge >= 0.3 is 0 Å². The molecule has 86 valence electrons. The van der Waals surface area contributed by atoms with Gasteiger partial charge in [-0.2, -0.15) is 0 Å². The summed E-state index contributed by atoms with van der Waals surface area (Å²) < 4.78 is 10.8. The van der Waals surface area contributed by atoms with Crippen molar-refractivity contribution in [3.05, 3.63) is 23.8 Å². The molecule has 16 heavy (non-hydrogen) atoms. The van der Waals surface area contributed by atoms with E-state index in [9.17, 15) is 4.79 Å². The summed E-state index contributed by atoms with van der Waals surface area (Å²) in [5.74, 6) is 1.61. The first-order valence-corrected chi connectivity index (χ1v) is 5.35. The van der Waals surface area contributed by atoms with Crippen LogP contribution in [-0.4, -0.2) is 20.1 Å². The Morgan fingerprint density at radius 1 is 1.56 bits per heavy atom. The van der Waals surface area contributed by atoms with Gasteiger partial charge < -0.3 is 14.8 Å². The molecule has 0 aromatic heterocycles. The fraction of sp³-hybridized carbons (Fsp3) is 0.417. The van der Waals surface area contributed by atoms with Crippen molar-refractivity contribution in [1.29, 1.82) is 0 Å². The summed E-state index contributed by atoms with van der Waals surface area (Å²) in [6, 6.07) is 5.69. The topological polar surface area (TPSA) is 47.6 Å². The monoisotopic (exact) mass is 221 g/mol. The highest BCUT2D eigenvalue weighted by Crippen LogP contribution is 2.33. The lowest BCUT2D eigenvalue weighted by Crippen LogP contribution is -2.18. The standard InChI is InChI=1S/C12H15NO3/c1-15-9-4-5-12-10(7-9)11(13-8-14)3-2-6-16-12/h4-5,7-8,11H,2-3,6H2,1H3,(H,13,14). The highest BCUT2D eigenvalue weighted by Gasteiger charge is 2.19. The highest BCUT2D eigenvalue weighted by atomic mass is 16.5. The second-order valence-electron chi connectivity index (χ2n) is 3.73. The van der Waals surface area contributed by atoms with Crippen LogP contribution in [0.25, 0.3) is 0 Å². The molecule has 1 aliphatic heterocycles. The van der Waals surface area contributed by atoms with E-state index in [4.69, 9.17) is 9.47 Å². The molecular weight excluding hydrogens is 206 g/mol. The normalized spacial score (nSPS) is 18.9. The molecule has 0 bridgehead atoms. The maximum atomic E-state index is 10.6. The Labute approximate surface area is 94.6 Å². The number of benzene rings is 1. The smallest absolute Gasteiger partial charge is 0.207 e. The molecule has 1 N–H and O–H groups in total. The van der Waals surface area contributed by atoms with E-state index >= 15 is 0 Å². The molecule has 0 fully saturated rings. The Balaban J connectivity index is 2.36. The minimum atomic E-state index is 0.0186. The van der Waals surface area contributed by atoms with E-state index in [0.717, 1.165) is 36.3 Å². The van der Waals surface area contributed by atoms with Crippen LogP contribution in [0.1, 0.15) is 24.4 Å². The molecular formula is C12H15NO3. The van der Waals surface area contributed by atoms with E-state index in [1.807, 2.05) is 18.2 Å². The van der Waals surface area contributed by atoms with Crippen molar-refractivity contribution < 1.29 is 14.3 Å². The van der Waals surface area contributed by atoms with Crippen molar-refractivity contribution >= 4 is 6.41 Å². The lowest BCUT2D eigenvalue weighted by atomic mass is 10.0. The molecule has 1 aromatic carbocycles. The number of hydrogen-bond donors (Lipinski definition) is 1.